The summed E-state index contributed by atoms with van der Waals surface area (Å²) in [6.07, 6.45) is 0. The molecule has 10 nitrogen and oxygen atoms in total. The minimum atomic E-state index is -0.0607. The van der Waals surface area contributed by atoms with E-state index in [0.717, 1.165) is 143 Å². The van der Waals surface area contributed by atoms with E-state index in [2.05, 4.69) is 398 Å². The van der Waals surface area contributed by atoms with Gasteiger partial charge in [0.05, 0.1) is 80.8 Å². The predicted octanol–water partition coefficient (Wildman–Crippen LogP) is 32.7. The fraction of sp³-hybridized carbons (Fsp3) is 0.0256. The molecule has 0 saturated carbocycles. The minimum absolute atomic E-state index is 0.0607. The third-order valence-corrected chi connectivity index (χ3v) is 31.1. The van der Waals surface area contributed by atoms with Gasteiger partial charge in [0, 0.05) is 138 Å². The molecule has 0 unspecified atom stereocenters. The smallest absolute Gasteiger partial charge is 0.235 e. The number of nitrogens with zero attached hydrogens (tertiary/aromatic N) is 9. The summed E-state index contributed by atoms with van der Waals surface area (Å²) >= 11 is 7.16. The number of fused-ring (bicyclic) bond motifs is 30. The second kappa shape index (κ2) is 29.6. The van der Waals surface area contributed by atoms with Crippen molar-refractivity contribution in [2.75, 3.05) is 0 Å². The second-order valence-corrected chi connectivity index (χ2v) is 38.4. The van der Waals surface area contributed by atoms with E-state index < -0.39 is 0 Å². The third-order valence-electron chi connectivity index (χ3n) is 26.5. The van der Waals surface area contributed by atoms with Crippen molar-refractivity contribution >= 4 is 214 Å². The van der Waals surface area contributed by atoms with Crippen LogP contribution in [0.1, 0.15) is 25.0 Å². The van der Waals surface area contributed by atoms with Crippen LogP contribution in [-0.2, 0) is 5.41 Å². The number of hydrogen-bond donors (Lipinski definition) is 0. The molecule has 11 aromatic heterocycles. The number of hydrogen-bond acceptors (Lipinski definition) is 11. The van der Waals surface area contributed by atoms with Crippen LogP contribution in [0.25, 0.3) is 253 Å². The van der Waals surface area contributed by atoms with Gasteiger partial charge in [-0.2, -0.15) is 0 Å². The molecule has 11 heterocycles. The van der Waals surface area contributed by atoms with Crippen LogP contribution in [0.4, 0.5) is 0 Å². The molecule has 14 heteroatoms. The molecule has 0 N–H and O–H groups in total. The molecule has 29 rings (SSSR count). The molecule has 0 saturated heterocycles. The molecule has 1 aliphatic rings. The van der Waals surface area contributed by atoms with Gasteiger partial charge in [-0.05, 0) is 150 Å². The average Bonchev–Trinajstić information content (AvgIpc) is 1.54. The molecule has 17 aromatic carbocycles. The van der Waals surface area contributed by atoms with Crippen LogP contribution in [0.2, 0.25) is 0 Å². The zero-order valence-electron chi connectivity index (χ0n) is 70.6. The van der Waals surface area contributed by atoms with Gasteiger partial charge in [0.25, 0.3) is 0 Å². The number of aromatic nitrogens is 9. The van der Waals surface area contributed by atoms with Crippen molar-refractivity contribution in [3.63, 3.8) is 0 Å². The first-order chi connectivity index (χ1) is 64.7. The predicted molar refractivity (Wildman–Crippen MR) is 553 cm³/mol. The molecule has 0 bridgehead atoms. The highest BCUT2D eigenvalue weighted by molar-refractivity contribution is 7.27. The van der Waals surface area contributed by atoms with Gasteiger partial charge in [0.15, 0.2) is 11.6 Å². The van der Waals surface area contributed by atoms with E-state index in [1.165, 1.54) is 116 Å². The van der Waals surface area contributed by atoms with Crippen molar-refractivity contribution in [3.8, 4) is 85.0 Å². The molecule has 1 aliphatic carbocycles. The summed E-state index contributed by atoms with van der Waals surface area (Å²) in [7, 11) is 0. The average molecular weight is 1750 g/mol. The van der Waals surface area contributed by atoms with E-state index in [1.54, 1.807) is 34.0 Å². The molecule has 0 amide bonds. The Balaban J connectivity index is 0.000000101. The number of para-hydroxylation sites is 4. The van der Waals surface area contributed by atoms with Crippen LogP contribution in [0.15, 0.2) is 399 Å². The Bertz CT molecular complexity index is 9210. The van der Waals surface area contributed by atoms with Crippen molar-refractivity contribution < 1.29 is 4.42 Å². The topological polar surface area (TPSA) is 105 Å². The van der Waals surface area contributed by atoms with Gasteiger partial charge >= 0.3 is 0 Å². The maximum absolute atomic E-state index is 6.26. The van der Waals surface area contributed by atoms with Crippen molar-refractivity contribution in [2.24, 2.45) is 0 Å². The first-order valence-corrected chi connectivity index (χ1v) is 47.3. The van der Waals surface area contributed by atoms with Gasteiger partial charge < -0.3 is 13.6 Å². The van der Waals surface area contributed by atoms with Crippen LogP contribution in [0.3, 0.4) is 0 Å². The lowest BCUT2D eigenvalue weighted by atomic mass is 9.82. The molecule has 0 aliphatic heterocycles. The Morgan fingerprint density at radius 3 is 1.15 bits per heavy atom. The number of furan rings is 1. The van der Waals surface area contributed by atoms with E-state index in [9.17, 15) is 0 Å². The van der Waals surface area contributed by atoms with E-state index in [1.807, 2.05) is 35.6 Å². The summed E-state index contributed by atoms with van der Waals surface area (Å²) in [5.41, 5.74) is 27.6. The standard InChI is InChI=1S/C40H23N3OS.C40H23N3S2.C37H25N3S/c1-2-10-24(11-3-1)37-39-38(29-14-6-9-17-34(29)45-39)42-40(41-37)25-18-20-26(21-19-25)43-30-15-7-4-12-27(30)35-31(43)22-23-33-36(35)28-13-5-8-16-32(28)44-33;1-2-10-24(11-3-1)37-39-38(29-14-6-9-17-33(29)45-39)42-40(41-37)25-18-20-26(21-19-25)43-30-15-7-4-12-27(30)35-31(43)22-23-34-36(35)28-13-5-8-16-32(28)44-34;1-37(2)26-17-9-6-14-23(26)31-27(37)20-21-29-32(31)24-15-7-10-18-28(24)40(29)36-38-33(22-12-4-3-5-13-22)35-34(39-36)25-16-8-11-19-30(25)41-35/h2*1-23H;3-21H,1-2H3. The highest BCUT2D eigenvalue weighted by Gasteiger charge is 2.38. The fourth-order valence-corrected chi connectivity index (χ4v) is 25.2. The number of rotatable bonds is 8. The normalized spacial score (nSPS) is 12.6. The lowest BCUT2D eigenvalue weighted by molar-refractivity contribution is 0.661. The quantitative estimate of drug-likeness (QED) is 0.149. The van der Waals surface area contributed by atoms with Crippen LogP contribution >= 0.6 is 45.3 Å². The maximum atomic E-state index is 6.26. The first kappa shape index (κ1) is 75.2. The molecule has 28 aromatic rings. The highest BCUT2D eigenvalue weighted by Crippen LogP contribution is 2.55. The molecule has 0 fully saturated rings. The van der Waals surface area contributed by atoms with Crippen molar-refractivity contribution in [3.05, 3.63) is 405 Å². The van der Waals surface area contributed by atoms with Gasteiger partial charge in [0.1, 0.15) is 11.2 Å². The maximum Gasteiger partial charge on any atom is 0.235 e. The van der Waals surface area contributed by atoms with Crippen molar-refractivity contribution in [1.29, 1.82) is 0 Å². The summed E-state index contributed by atoms with van der Waals surface area (Å²) in [4.78, 5) is 31.3. The SMILES string of the molecule is CC1(C)c2ccccc2-c2c1ccc1c2c2ccccc2n1-c1nc(-c2ccccc2)c2sc3ccccc3c2n1.c1ccc(-c2nc(-c3ccc(-n4c5ccccc5c5c6c(ccc54)oc4ccccc46)cc3)nc3c2sc2ccccc23)cc1.c1ccc(-c2nc(-c3ccc(-n4c5ccccc5c5c6c(ccc54)sc4ccccc46)cc3)nc3c2sc2ccccc23)cc1. The molecule has 0 radical (unpaired) electrons. The number of thiophene rings is 4. The van der Waals surface area contributed by atoms with Crippen LogP contribution in [0, 0.1) is 0 Å². The zero-order chi connectivity index (χ0) is 86.3. The Labute approximate surface area is 765 Å². The van der Waals surface area contributed by atoms with E-state index in [4.69, 9.17) is 34.3 Å². The Kier molecular flexibility index (Phi) is 17.0. The van der Waals surface area contributed by atoms with E-state index >= 15 is 0 Å². The summed E-state index contributed by atoms with van der Waals surface area (Å²) < 4.78 is 23.0. The van der Waals surface area contributed by atoms with Crippen LogP contribution < -0.4 is 0 Å². The minimum Gasteiger partial charge on any atom is -0.456 e. The van der Waals surface area contributed by atoms with Crippen LogP contribution in [-0.4, -0.2) is 43.6 Å². The molecular weight excluding hydrogens is 1680 g/mol. The van der Waals surface area contributed by atoms with Gasteiger partial charge in [-0.25, -0.2) is 29.9 Å². The van der Waals surface area contributed by atoms with Gasteiger partial charge in [0.2, 0.25) is 5.95 Å². The molecule has 614 valence electrons. The Morgan fingerprint density at radius 1 is 0.237 bits per heavy atom. The van der Waals surface area contributed by atoms with Crippen molar-refractivity contribution in [1.82, 2.24) is 43.6 Å². The largest absolute Gasteiger partial charge is 0.456 e. The fourth-order valence-electron chi connectivity index (χ4n) is 20.6. The highest BCUT2D eigenvalue weighted by atomic mass is 32.1. The van der Waals surface area contributed by atoms with Gasteiger partial charge in [-0.3, -0.25) is 4.57 Å². The summed E-state index contributed by atoms with van der Waals surface area (Å²) in [6, 6.07) is 140. The van der Waals surface area contributed by atoms with Crippen molar-refractivity contribution in [2.45, 2.75) is 19.3 Å². The Morgan fingerprint density at radius 2 is 0.626 bits per heavy atom. The molecule has 0 spiro atoms. The van der Waals surface area contributed by atoms with E-state index in [0.29, 0.717) is 5.95 Å². The van der Waals surface area contributed by atoms with Crippen LogP contribution in [0.5, 0.6) is 0 Å². The summed E-state index contributed by atoms with van der Waals surface area (Å²) in [6.45, 7) is 4.68. The molecule has 0 atom stereocenters. The third kappa shape index (κ3) is 11.7. The Hall–Kier alpha value is -15.9. The second-order valence-electron chi connectivity index (χ2n) is 34.2. The monoisotopic (exact) mass is 1750 g/mol. The molecular formula is C117H71N9OS4. The zero-order valence-corrected chi connectivity index (χ0v) is 73.9. The summed E-state index contributed by atoms with van der Waals surface area (Å²) in [5.74, 6) is 2.17. The summed E-state index contributed by atoms with van der Waals surface area (Å²) in [5, 5.41) is 16.0. The van der Waals surface area contributed by atoms with Gasteiger partial charge in [-0.1, -0.05) is 281 Å². The molecule has 131 heavy (non-hydrogen) atoms. The number of benzene rings is 17. The first-order valence-electron chi connectivity index (χ1n) is 44.0. The van der Waals surface area contributed by atoms with E-state index in [-0.39, 0.29) is 5.41 Å². The van der Waals surface area contributed by atoms with Gasteiger partial charge in [-0.15, -0.1) is 45.3 Å². The lowest BCUT2D eigenvalue weighted by Gasteiger charge is -2.21. The lowest BCUT2D eigenvalue weighted by Crippen LogP contribution is -2.14.